The molecule has 0 spiro atoms. The maximum Gasteiger partial charge on any atom is 0.217 e. The summed E-state index contributed by atoms with van der Waals surface area (Å²) < 4.78 is 6.43. The second-order valence-electron chi connectivity index (χ2n) is 6.27. The molecule has 0 unspecified atom stereocenters. The van der Waals surface area contributed by atoms with Crippen molar-refractivity contribution in [3.05, 3.63) is 71.8 Å². The first kappa shape index (κ1) is 15.8. The van der Waals surface area contributed by atoms with E-state index in [1.165, 1.54) is 0 Å². The summed E-state index contributed by atoms with van der Waals surface area (Å²) in [6, 6.07) is 20.6. The average molecular weight is 309 g/mol. The molecule has 1 heterocycles. The topological polar surface area (TPSA) is 38.3 Å². The Bertz CT molecular complexity index is 641. The van der Waals surface area contributed by atoms with Crippen molar-refractivity contribution in [2.75, 3.05) is 0 Å². The van der Waals surface area contributed by atoms with Gasteiger partial charge in [-0.1, -0.05) is 67.6 Å². The monoisotopic (exact) mass is 309 g/mol. The van der Waals surface area contributed by atoms with Gasteiger partial charge in [-0.05, 0) is 17.5 Å². The van der Waals surface area contributed by atoms with Gasteiger partial charge in [0.15, 0.2) is 0 Å². The quantitative estimate of drug-likeness (QED) is 0.929. The maximum atomic E-state index is 11.6. The Labute approximate surface area is 137 Å². The lowest BCUT2D eigenvalue weighted by Gasteiger charge is -2.41. The van der Waals surface area contributed by atoms with Gasteiger partial charge >= 0.3 is 0 Å². The highest BCUT2D eigenvalue weighted by Gasteiger charge is 2.37. The number of carbonyl (C=O) groups excluding carboxylic acids is 1. The van der Waals surface area contributed by atoms with Gasteiger partial charge < -0.3 is 10.1 Å². The van der Waals surface area contributed by atoms with E-state index in [0.29, 0.717) is 0 Å². The summed E-state index contributed by atoms with van der Waals surface area (Å²) in [5.41, 5.74) is 2.33. The minimum Gasteiger partial charge on any atom is -0.365 e. The number of ether oxygens (including phenoxy) is 1. The molecular weight excluding hydrogens is 286 g/mol. The van der Waals surface area contributed by atoms with E-state index in [2.05, 4.69) is 36.5 Å². The van der Waals surface area contributed by atoms with Crippen LogP contribution in [0.4, 0.5) is 0 Å². The van der Waals surface area contributed by atoms with Crippen molar-refractivity contribution in [1.82, 2.24) is 5.32 Å². The summed E-state index contributed by atoms with van der Waals surface area (Å²) in [4.78, 5) is 11.6. The Balaban J connectivity index is 1.90. The SMILES string of the molecule is CC(=O)N[C@H]1C[C@@H](c2ccccc2)O[C@@H](c2ccccc2)[C@@H]1C. The molecule has 0 saturated carbocycles. The molecule has 2 aromatic rings. The Morgan fingerprint density at radius 2 is 1.57 bits per heavy atom. The highest BCUT2D eigenvalue weighted by Crippen LogP contribution is 2.42. The number of amides is 1. The first-order valence-corrected chi connectivity index (χ1v) is 8.17. The molecular formula is C20H23NO2. The minimum absolute atomic E-state index is 0.00513. The van der Waals surface area contributed by atoms with Crippen molar-refractivity contribution < 1.29 is 9.53 Å². The fourth-order valence-corrected chi connectivity index (χ4v) is 3.37. The van der Waals surface area contributed by atoms with E-state index in [-0.39, 0.29) is 30.1 Å². The van der Waals surface area contributed by atoms with Crippen LogP contribution in [0.5, 0.6) is 0 Å². The molecule has 23 heavy (non-hydrogen) atoms. The number of rotatable bonds is 3. The van der Waals surface area contributed by atoms with Gasteiger partial charge in [0.2, 0.25) is 5.91 Å². The van der Waals surface area contributed by atoms with Crippen molar-refractivity contribution >= 4 is 5.91 Å². The van der Waals surface area contributed by atoms with Crippen LogP contribution in [0.25, 0.3) is 0 Å². The fraction of sp³-hybridized carbons (Fsp3) is 0.350. The zero-order valence-corrected chi connectivity index (χ0v) is 13.6. The van der Waals surface area contributed by atoms with Crippen LogP contribution >= 0.6 is 0 Å². The molecule has 3 heteroatoms. The number of hydrogen-bond donors (Lipinski definition) is 1. The Hall–Kier alpha value is -2.13. The first-order valence-electron chi connectivity index (χ1n) is 8.17. The smallest absolute Gasteiger partial charge is 0.217 e. The van der Waals surface area contributed by atoms with Gasteiger partial charge in [0.05, 0.1) is 12.2 Å². The predicted octanol–water partition coefficient (Wildman–Crippen LogP) is 4.03. The van der Waals surface area contributed by atoms with Crippen LogP contribution < -0.4 is 5.32 Å². The summed E-state index contributed by atoms with van der Waals surface area (Å²) in [6.45, 7) is 3.73. The van der Waals surface area contributed by atoms with Crippen LogP contribution in [0.1, 0.15) is 43.6 Å². The normalized spacial score (nSPS) is 27.4. The first-order chi connectivity index (χ1) is 11.1. The molecule has 120 valence electrons. The molecule has 4 atom stereocenters. The number of nitrogens with one attached hydrogen (secondary N) is 1. The molecule has 0 bridgehead atoms. The third-order valence-electron chi connectivity index (χ3n) is 4.58. The molecule has 1 N–H and O–H groups in total. The van der Waals surface area contributed by atoms with E-state index in [1.807, 2.05) is 36.4 Å². The van der Waals surface area contributed by atoms with Crippen LogP contribution in [-0.4, -0.2) is 11.9 Å². The van der Waals surface area contributed by atoms with Gasteiger partial charge in [-0.2, -0.15) is 0 Å². The highest BCUT2D eigenvalue weighted by atomic mass is 16.5. The lowest BCUT2D eigenvalue weighted by molar-refractivity contribution is -0.126. The number of benzene rings is 2. The van der Waals surface area contributed by atoms with E-state index >= 15 is 0 Å². The van der Waals surface area contributed by atoms with E-state index in [1.54, 1.807) is 6.92 Å². The fourth-order valence-electron chi connectivity index (χ4n) is 3.37. The van der Waals surface area contributed by atoms with Crippen LogP contribution in [0.3, 0.4) is 0 Å². The maximum absolute atomic E-state index is 11.6. The van der Waals surface area contributed by atoms with E-state index < -0.39 is 0 Å². The molecule has 1 amide bonds. The van der Waals surface area contributed by atoms with Gasteiger partial charge in [-0.25, -0.2) is 0 Å². The summed E-state index contributed by atoms with van der Waals surface area (Å²) in [5, 5.41) is 3.11. The van der Waals surface area contributed by atoms with Crippen LogP contribution in [0.2, 0.25) is 0 Å². The van der Waals surface area contributed by atoms with Gasteiger partial charge in [0.1, 0.15) is 0 Å². The molecule has 0 aromatic heterocycles. The second-order valence-corrected chi connectivity index (χ2v) is 6.27. The van der Waals surface area contributed by atoms with Crippen LogP contribution in [-0.2, 0) is 9.53 Å². The van der Waals surface area contributed by atoms with Crippen molar-refractivity contribution in [2.45, 2.75) is 38.5 Å². The lowest BCUT2D eigenvalue weighted by Crippen LogP contribution is -2.45. The summed E-state index contributed by atoms with van der Waals surface area (Å²) in [5.74, 6) is 0.239. The van der Waals surface area contributed by atoms with Gasteiger partial charge in [-0.15, -0.1) is 0 Å². The Morgan fingerprint density at radius 1 is 1.00 bits per heavy atom. The molecule has 3 rings (SSSR count). The van der Waals surface area contributed by atoms with E-state index in [0.717, 1.165) is 17.5 Å². The molecule has 3 nitrogen and oxygen atoms in total. The second kappa shape index (κ2) is 6.97. The van der Waals surface area contributed by atoms with Gasteiger partial charge in [0, 0.05) is 18.9 Å². The zero-order chi connectivity index (χ0) is 16.2. The summed E-state index contributed by atoms with van der Waals surface area (Å²) in [7, 11) is 0. The van der Waals surface area contributed by atoms with Crippen molar-refractivity contribution in [2.24, 2.45) is 5.92 Å². The molecule has 0 aliphatic carbocycles. The Kier molecular flexibility index (Phi) is 4.77. The highest BCUT2D eigenvalue weighted by molar-refractivity contribution is 5.73. The van der Waals surface area contributed by atoms with Crippen molar-refractivity contribution in [1.29, 1.82) is 0 Å². The largest absolute Gasteiger partial charge is 0.365 e. The van der Waals surface area contributed by atoms with E-state index in [4.69, 9.17) is 4.74 Å². The lowest BCUT2D eigenvalue weighted by atomic mass is 9.83. The average Bonchev–Trinajstić information content (AvgIpc) is 2.58. The van der Waals surface area contributed by atoms with Gasteiger partial charge in [-0.3, -0.25) is 4.79 Å². The standard InChI is InChI=1S/C20H23NO2/c1-14-18(21-15(2)22)13-19(16-9-5-3-6-10-16)23-20(14)17-11-7-4-8-12-17/h3-12,14,18-20H,13H2,1-2H3,(H,21,22)/t14-,18+,19+,20-/m1/s1. The number of carbonyl (C=O) groups is 1. The number of hydrogen-bond acceptors (Lipinski definition) is 2. The van der Waals surface area contributed by atoms with E-state index in [9.17, 15) is 4.79 Å². The zero-order valence-electron chi connectivity index (χ0n) is 13.6. The molecule has 1 fully saturated rings. The molecule has 1 aliphatic rings. The summed E-state index contributed by atoms with van der Waals surface area (Å²) >= 11 is 0. The van der Waals surface area contributed by atoms with Crippen LogP contribution in [0, 0.1) is 5.92 Å². The molecule has 1 aliphatic heterocycles. The van der Waals surface area contributed by atoms with Crippen molar-refractivity contribution in [3.8, 4) is 0 Å². The van der Waals surface area contributed by atoms with Crippen molar-refractivity contribution in [3.63, 3.8) is 0 Å². The summed E-state index contributed by atoms with van der Waals surface area (Å²) in [6.07, 6.45) is 0.773. The third kappa shape index (κ3) is 3.62. The Morgan fingerprint density at radius 3 is 2.13 bits per heavy atom. The molecule has 0 radical (unpaired) electrons. The molecule has 1 saturated heterocycles. The third-order valence-corrected chi connectivity index (χ3v) is 4.58. The molecule has 2 aromatic carbocycles. The van der Waals surface area contributed by atoms with Crippen LogP contribution in [0.15, 0.2) is 60.7 Å². The predicted molar refractivity (Wildman–Crippen MR) is 90.8 cm³/mol. The minimum atomic E-state index is -0.0213. The van der Waals surface area contributed by atoms with Gasteiger partial charge in [0.25, 0.3) is 0 Å².